The molecule has 0 unspecified atom stereocenters. The van der Waals surface area contributed by atoms with Crippen LogP contribution in [0.15, 0.2) is 21.5 Å². The van der Waals surface area contributed by atoms with Gasteiger partial charge in [0.15, 0.2) is 5.82 Å². The van der Waals surface area contributed by atoms with E-state index in [0.717, 1.165) is 0 Å². The van der Waals surface area contributed by atoms with Crippen LogP contribution < -0.4 is 0 Å². The molecule has 0 bridgehead atoms. The van der Waals surface area contributed by atoms with Gasteiger partial charge in [-0.15, -0.1) is 11.8 Å². The fourth-order valence-electron chi connectivity index (χ4n) is 0.887. The van der Waals surface area contributed by atoms with Gasteiger partial charge in [-0.3, -0.25) is 0 Å². The molecule has 0 atom stereocenters. The summed E-state index contributed by atoms with van der Waals surface area (Å²) in [6.07, 6.45) is 1.69. The summed E-state index contributed by atoms with van der Waals surface area (Å²) in [5, 5.41) is 8.69. The van der Waals surface area contributed by atoms with Crippen molar-refractivity contribution in [2.45, 2.75) is 4.90 Å². The first-order valence-electron chi connectivity index (χ1n) is 3.33. The van der Waals surface area contributed by atoms with E-state index in [0.29, 0.717) is 4.90 Å². The molecule has 0 heterocycles. The summed E-state index contributed by atoms with van der Waals surface area (Å²) in [5.74, 6) is -1.95. The summed E-state index contributed by atoms with van der Waals surface area (Å²) in [6, 6.07) is 3.06. The maximum absolute atomic E-state index is 13.4. The summed E-state index contributed by atoms with van der Waals surface area (Å²) in [5.41, 5.74) is -0.313. The fourth-order valence-corrected chi connectivity index (χ4v) is 1.85. The molecular formula is C8H6BrFO2S. The Bertz CT molecular complexity index is 354. The van der Waals surface area contributed by atoms with Crippen molar-refractivity contribution in [1.29, 1.82) is 0 Å². The molecule has 0 aliphatic heterocycles. The predicted octanol–water partition coefficient (Wildman–Crippen LogP) is 3.01. The minimum absolute atomic E-state index is 0.260. The summed E-state index contributed by atoms with van der Waals surface area (Å²) >= 11 is 4.16. The lowest BCUT2D eigenvalue weighted by Gasteiger charge is -2.04. The number of benzene rings is 1. The van der Waals surface area contributed by atoms with Gasteiger partial charge in [0.1, 0.15) is 5.56 Å². The molecule has 0 aromatic heterocycles. The van der Waals surface area contributed by atoms with Crippen LogP contribution in [0.2, 0.25) is 0 Å². The molecule has 1 rings (SSSR count). The van der Waals surface area contributed by atoms with Gasteiger partial charge in [0.05, 0.1) is 0 Å². The standard InChI is InChI=1S/C8H6BrFO2S/c1-13-5-3-2-4(9)6(7(5)10)8(11)12/h2-3H,1H3,(H,11,12). The van der Waals surface area contributed by atoms with Crippen molar-refractivity contribution >= 4 is 33.7 Å². The third kappa shape index (κ3) is 2.03. The third-order valence-corrected chi connectivity index (χ3v) is 2.91. The van der Waals surface area contributed by atoms with Crippen LogP contribution in [0.1, 0.15) is 10.4 Å². The quantitative estimate of drug-likeness (QED) is 0.835. The van der Waals surface area contributed by atoms with E-state index >= 15 is 0 Å². The molecule has 0 aliphatic carbocycles. The summed E-state index contributed by atoms with van der Waals surface area (Å²) < 4.78 is 13.6. The highest BCUT2D eigenvalue weighted by Crippen LogP contribution is 2.27. The fraction of sp³-hybridized carbons (Fsp3) is 0.125. The number of hydrogen-bond acceptors (Lipinski definition) is 2. The van der Waals surface area contributed by atoms with Gasteiger partial charge in [-0.05, 0) is 34.3 Å². The Kier molecular flexibility index (Phi) is 3.33. The number of carbonyl (C=O) groups is 1. The van der Waals surface area contributed by atoms with E-state index in [1.807, 2.05) is 0 Å². The first-order chi connectivity index (χ1) is 6.07. The van der Waals surface area contributed by atoms with Crippen molar-refractivity contribution in [3.05, 3.63) is 28.0 Å². The number of thioether (sulfide) groups is 1. The van der Waals surface area contributed by atoms with E-state index in [1.54, 1.807) is 6.26 Å². The van der Waals surface area contributed by atoms with E-state index in [-0.39, 0.29) is 10.0 Å². The summed E-state index contributed by atoms with van der Waals surface area (Å²) in [7, 11) is 0. The normalized spacial score (nSPS) is 10.1. The SMILES string of the molecule is CSc1ccc(Br)c(C(=O)O)c1F. The number of halogens is 2. The van der Waals surface area contributed by atoms with Crippen molar-refractivity contribution in [2.75, 3.05) is 6.26 Å². The van der Waals surface area contributed by atoms with Gasteiger partial charge in [0, 0.05) is 9.37 Å². The van der Waals surface area contributed by atoms with Crippen LogP contribution in [-0.4, -0.2) is 17.3 Å². The van der Waals surface area contributed by atoms with E-state index < -0.39 is 11.8 Å². The minimum Gasteiger partial charge on any atom is -0.478 e. The Morgan fingerprint density at radius 2 is 2.23 bits per heavy atom. The average molecular weight is 265 g/mol. The van der Waals surface area contributed by atoms with Gasteiger partial charge < -0.3 is 5.11 Å². The lowest BCUT2D eigenvalue weighted by Crippen LogP contribution is -2.02. The number of carboxylic acid groups (broad SMARTS) is 1. The summed E-state index contributed by atoms with van der Waals surface area (Å²) in [6.45, 7) is 0. The second-order valence-corrected chi connectivity index (χ2v) is 3.95. The average Bonchev–Trinajstić information content (AvgIpc) is 2.04. The van der Waals surface area contributed by atoms with Crippen LogP contribution in [0.3, 0.4) is 0 Å². The van der Waals surface area contributed by atoms with Crippen LogP contribution >= 0.6 is 27.7 Å². The molecule has 1 N–H and O–H groups in total. The summed E-state index contributed by atoms with van der Waals surface area (Å²) in [4.78, 5) is 11.0. The van der Waals surface area contributed by atoms with E-state index in [4.69, 9.17) is 5.11 Å². The van der Waals surface area contributed by atoms with E-state index in [2.05, 4.69) is 15.9 Å². The van der Waals surface area contributed by atoms with Gasteiger partial charge in [-0.1, -0.05) is 0 Å². The van der Waals surface area contributed by atoms with Crippen molar-refractivity contribution < 1.29 is 14.3 Å². The van der Waals surface area contributed by atoms with Crippen molar-refractivity contribution in [1.82, 2.24) is 0 Å². The maximum atomic E-state index is 13.4. The zero-order valence-corrected chi connectivity index (χ0v) is 9.08. The van der Waals surface area contributed by atoms with Crippen molar-refractivity contribution in [3.8, 4) is 0 Å². The minimum atomic E-state index is -1.26. The molecule has 0 fully saturated rings. The molecule has 2 nitrogen and oxygen atoms in total. The van der Waals surface area contributed by atoms with Gasteiger partial charge in [0.25, 0.3) is 0 Å². The Morgan fingerprint density at radius 3 is 2.69 bits per heavy atom. The molecule has 0 amide bonds. The second-order valence-electron chi connectivity index (χ2n) is 2.24. The molecule has 5 heteroatoms. The van der Waals surface area contributed by atoms with Crippen LogP contribution in [-0.2, 0) is 0 Å². The van der Waals surface area contributed by atoms with Gasteiger partial charge >= 0.3 is 5.97 Å². The van der Waals surface area contributed by atoms with Crippen molar-refractivity contribution in [2.24, 2.45) is 0 Å². The molecule has 13 heavy (non-hydrogen) atoms. The van der Waals surface area contributed by atoms with Crippen LogP contribution in [0.25, 0.3) is 0 Å². The zero-order chi connectivity index (χ0) is 10.0. The molecular weight excluding hydrogens is 259 g/mol. The van der Waals surface area contributed by atoms with Crippen LogP contribution in [0.4, 0.5) is 4.39 Å². The van der Waals surface area contributed by atoms with Crippen LogP contribution in [0, 0.1) is 5.82 Å². The smallest absolute Gasteiger partial charge is 0.339 e. The lowest BCUT2D eigenvalue weighted by molar-refractivity contribution is 0.0690. The highest BCUT2D eigenvalue weighted by Gasteiger charge is 2.17. The van der Waals surface area contributed by atoms with Crippen molar-refractivity contribution in [3.63, 3.8) is 0 Å². The highest BCUT2D eigenvalue weighted by molar-refractivity contribution is 9.10. The topological polar surface area (TPSA) is 37.3 Å². The predicted molar refractivity (Wildman–Crippen MR) is 52.8 cm³/mol. The molecule has 1 aromatic carbocycles. The maximum Gasteiger partial charge on any atom is 0.339 e. The number of aromatic carboxylic acids is 1. The van der Waals surface area contributed by atoms with E-state index in [9.17, 15) is 9.18 Å². The first-order valence-corrected chi connectivity index (χ1v) is 5.35. The van der Waals surface area contributed by atoms with Gasteiger partial charge in [-0.25, -0.2) is 9.18 Å². The Morgan fingerprint density at radius 1 is 1.62 bits per heavy atom. The number of rotatable bonds is 2. The van der Waals surface area contributed by atoms with Gasteiger partial charge in [0.2, 0.25) is 0 Å². The van der Waals surface area contributed by atoms with E-state index in [1.165, 1.54) is 23.9 Å². The lowest BCUT2D eigenvalue weighted by atomic mass is 10.2. The molecule has 0 saturated heterocycles. The number of carboxylic acids is 1. The Balaban J connectivity index is 3.38. The number of hydrogen-bond donors (Lipinski definition) is 1. The monoisotopic (exact) mass is 264 g/mol. The largest absolute Gasteiger partial charge is 0.478 e. The Hall–Kier alpha value is -0.550. The second kappa shape index (κ2) is 4.11. The highest BCUT2D eigenvalue weighted by atomic mass is 79.9. The molecule has 1 aromatic rings. The Labute approximate surface area is 87.3 Å². The van der Waals surface area contributed by atoms with Gasteiger partial charge in [-0.2, -0.15) is 0 Å². The molecule has 0 spiro atoms. The molecule has 70 valence electrons. The van der Waals surface area contributed by atoms with Crippen LogP contribution in [0.5, 0.6) is 0 Å². The molecule has 0 radical (unpaired) electrons. The molecule has 0 saturated carbocycles. The first kappa shape index (κ1) is 10.5. The molecule has 0 aliphatic rings. The zero-order valence-electron chi connectivity index (χ0n) is 6.67. The third-order valence-electron chi connectivity index (χ3n) is 1.49.